The van der Waals surface area contributed by atoms with Crippen molar-refractivity contribution in [1.29, 1.82) is 0 Å². The molecule has 4 N–H and O–H groups in total. The van der Waals surface area contributed by atoms with Gasteiger partial charge in [0.25, 0.3) is 0 Å². The highest BCUT2D eigenvalue weighted by Crippen LogP contribution is 2.11. The van der Waals surface area contributed by atoms with Crippen LogP contribution in [0.4, 0.5) is 5.69 Å². The molecule has 0 aliphatic heterocycles. The van der Waals surface area contributed by atoms with Crippen molar-refractivity contribution in [2.75, 3.05) is 12.3 Å². The lowest BCUT2D eigenvalue weighted by Gasteiger charge is -2.23. The highest BCUT2D eigenvalue weighted by atomic mass is 32.2. The minimum atomic E-state index is -3.47. The Balaban J connectivity index is 2.77. The molecule has 0 bridgehead atoms. The number of rotatable bonds is 5. The maximum atomic E-state index is 11.8. The monoisotopic (exact) mass is 258 g/mol. The van der Waals surface area contributed by atoms with Crippen LogP contribution in [0.15, 0.2) is 24.3 Å². The molecule has 1 aromatic rings. The fraction of sp³-hybridized carbons (Fsp3) is 0.455. The number of nitrogens with two attached hydrogens (primary N) is 1. The van der Waals surface area contributed by atoms with Crippen LogP contribution >= 0.6 is 0 Å². The van der Waals surface area contributed by atoms with E-state index in [9.17, 15) is 8.42 Å². The van der Waals surface area contributed by atoms with Gasteiger partial charge in [0.1, 0.15) is 0 Å². The Bertz CT molecular complexity index is 466. The van der Waals surface area contributed by atoms with Gasteiger partial charge < -0.3 is 10.8 Å². The largest absolute Gasteiger partial charge is 0.399 e. The fourth-order valence-electron chi connectivity index (χ4n) is 1.32. The van der Waals surface area contributed by atoms with Crippen molar-refractivity contribution in [2.24, 2.45) is 0 Å². The molecule has 0 aliphatic rings. The lowest BCUT2D eigenvalue weighted by Crippen LogP contribution is -2.46. The Hall–Kier alpha value is -1.11. The quantitative estimate of drug-likeness (QED) is 0.669. The molecule has 0 saturated carbocycles. The number of nitrogen functional groups attached to an aromatic ring is 1. The van der Waals surface area contributed by atoms with Crippen LogP contribution in [0, 0.1) is 0 Å². The van der Waals surface area contributed by atoms with Gasteiger partial charge in [0, 0.05) is 5.69 Å². The van der Waals surface area contributed by atoms with E-state index in [0.29, 0.717) is 11.3 Å². The molecule has 0 atom stereocenters. The molecular formula is C11H18N2O3S. The summed E-state index contributed by atoms with van der Waals surface area (Å²) in [6.07, 6.45) is 0. The number of anilines is 1. The second-order valence-corrected chi connectivity index (χ2v) is 6.37. The predicted molar refractivity (Wildman–Crippen MR) is 67.8 cm³/mol. The average molecular weight is 258 g/mol. The second-order valence-electron chi connectivity index (χ2n) is 4.64. The van der Waals surface area contributed by atoms with Crippen LogP contribution in [-0.4, -0.2) is 25.7 Å². The molecule has 0 saturated heterocycles. The van der Waals surface area contributed by atoms with Gasteiger partial charge in [0.05, 0.1) is 17.9 Å². The maximum absolute atomic E-state index is 11.8. The summed E-state index contributed by atoms with van der Waals surface area (Å²) in [4.78, 5) is 0. The van der Waals surface area contributed by atoms with Crippen molar-refractivity contribution < 1.29 is 13.5 Å². The fourth-order valence-corrected chi connectivity index (χ4v) is 2.93. The molecule has 0 fully saturated rings. The number of aliphatic hydroxyl groups is 1. The Kier molecular flexibility index (Phi) is 4.13. The first-order valence-corrected chi connectivity index (χ1v) is 6.86. The van der Waals surface area contributed by atoms with Gasteiger partial charge in [-0.3, -0.25) is 0 Å². The molecule has 0 aliphatic carbocycles. The SMILES string of the molecule is CC(C)(CO)NS(=O)(=O)Cc1ccc(N)cc1. The van der Waals surface area contributed by atoms with Gasteiger partial charge in [-0.25, -0.2) is 13.1 Å². The third-order valence-corrected chi connectivity index (χ3v) is 3.74. The van der Waals surface area contributed by atoms with E-state index in [1.807, 2.05) is 0 Å². The van der Waals surface area contributed by atoms with E-state index in [1.54, 1.807) is 38.1 Å². The van der Waals surface area contributed by atoms with E-state index < -0.39 is 15.6 Å². The maximum Gasteiger partial charge on any atom is 0.216 e. The summed E-state index contributed by atoms with van der Waals surface area (Å²) in [5, 5.41) is 9.02. The van der Waals surface area contributed by atoms with Gasteiger partial charge in [-0.15, -0.1) is 0 Å². The summed E-state index contributed by atoms with van der Waals surface area (Å²) in [5.74, 6) is -0.128. The Morgan fingerprint density at radius 1 is 1.29 bits per heavy atom. The summed E-state index contributed by atoms with van der Waals surface area (Å²) in [6, 6.07) is 6.64. The smallest absolute Gasteiger partial charge is 0.216 e. The minimum Gasteiger partial charge on any atom is -0.399 e. The van der Waals surface area contributed by atoms with Crippen molar-refractivity contribution in [3.8, 4) is 0 Å². The molecular weight excluding hydrogens is 240 g/mol. The summed E-state index contributed by atoms with van der Waals surface area (Å²) >= 11 is 0. The normalized spacial score (nSPS) is 12.6. The van der Waals surface area contributed by atoms with Crippen LogP contribution in [0.25, 0.3) is 0 Å². The van der Waals surface area contributed by atoms with E-state index >= 15 is 0 Å². The molecule has 96 valence electrons. The van der Waals surface area contributed by atoms with Gasteiger partial charge >= 0.3 is 0 Å². The van der Waals surface area contributed by atoms with Crippen LogP contribution in [0.1, 0.15) is 19.4 Å². The summed E-state index contributed by atoms with van der Waals surface area (Å²) < 4.78 is 26.0. The Morgan fingerprint density at radius 2 is 1.82 bits per heavy atom. The van der Waals surface area contributed by atoms with E-state index in [4.69, 9.17) is 10.8 Å². The van der Waals surface area contributed by atoms with Gasteiger partial charge in [0.15, 0.2) is 0 Å². The van der Waals surface area contributed by atoms with Gasteiger partial charge in [-0.05, 0) is 31.5 Å². The molecule has 0 amide bonds. The standard InChI is InChI=1S/C11H18N2O3S/c1-11(2,8-14)13-17(15,16)7-9-3-5-10(12)6-4-9/h3-6,13-14H,7-8,12H2,1-2H3. The Morgan fingerprint density at radius 3 is 2.29 bits per heavy atom. The molecule has 6 heteroatoms. The molecule has 0 radical (unpaired) electrons. The topological polar surface area (TPSA) is 92.4 Å². The summed E-state index contributed by atoms with van der Waals surface area (Å²) in [6.45, 7) is 2.98. The summed E-state index contributed by atoms with van der Waals surface area (Å²) in [7, 11) is -3.47. The molecule has 0 heterocycles. The highest BCUT2D eigenvalue weighted by Gasteiger charge is 2.23. The van der Waals surface area contributed by atoms with Gasteiger partial charge in [-0.2, -0.15) is 0 Å². The molecule has 0 aromatic heterocycles. The van der Waals surface area contributed by atoms with Crippen LogP contribution in [0.3, 0.4) is 0 Å². The third-order valence-electron chi connectivity index (χ3n) is 2.16. The highest BCUT2D eigenvalue weighted by molar-refractivity contribution is 7.88. The van der Waals surface area contributed by atoms with E-state index in [0.717, 1.165) is 0 Å². The van der Waals surface area contributed by atoms with Crippen LogP contribution < -0.4 is 10.5 Å². The molecule has 5 nitrogen and oxygen atoms in total. The zero-order chi connectivity index (χ0) is 13.1. The number of benzene rings is 1. The first kappa shape index (κ1) is 14.0. The minimum absolute atomic E-state index is 0.128. The van der Waals surface area contributed by atoms with Crippen molar-refractivity contribution in [3.05, 3.63) is 29.8 Å². The summed E-state index contributed by atoms with van der Waals surface area (Å²) in [5.41, 5.74) is 5.91. The van der Waals surface area contributed by atoms with E-state index in [1.165, 1.54) is 0 Å². The van der Waals surface area contributed by atoms with Crippen molar-refractivity contribution in [1.82, 2.24) is 4.72 Å². The Labute approximate surface area is 102 Å². The molecule has 0 unspecified atom stereocenters. The van der Waals surface area contributed by atoms with Crippen molar-refractivity contribution in [2.45, 2.75) is 25.1 Å². The first-order chi connectivity index (χ1) is 7.74. The predicted octanol–water partition coefficient (Wildman–Crippen LogP) is 0.459. The van der Waals surface area contributed by atoms with Crippen LogP contribution in [-0.2, 0) is 15.8 Å². The lowest BCUT2D eigenvalue weighted by atomic mass is 10.1. The second kappa shape index (κ2) is 5.03. The van der Waals surface area contributed by atoms with Crippen molar-refractivity contribution in [3.63, 3.8) is 0 Å². The van der Waals surface area contributed by atoms with E-state index in [2.05, 4.69) is 4.72 Å². The van der Waals surface area contributed by atoms with Gasteiger partial charge in [-0.1, -0.05) is 12.1 Å². The average Bonchev–Trinajstić information content (AvgIpc) is 2.20. The third kappa shape index (κ3) is 4.72. The first-order valence-electron chi connectivity index (χ1n) is 5.21. The number of aliphatic hydroxyl groups excluding tert-OH is 1. The molecule has 17 heavy (non-hydrogen) atoms. The zero-order valence-electron chi connectivity index (χ0n) is 9.97. The van der Waals surface area contributed by atoms with Crippen LogP contribution in [0.5, 0.6) is 0 Å². The number of nitrogens with one attached hydrogen (secondary N) is 1. The number of hydrogen-bond acceptors (Lipinski definition) is 4. The van der Waals surface area contributed by atoms with Gasteiger partial charge in [0.2, 0.25) is 10.0 Å². The van der Waals surface area contributed by atoms with Crippen LogP contribution in [0.2, 0.25) is 0 Å². The number of sulfonamides is 1. The zero-order valence-corrected chi connectivity index (χ0v) is 10.8. The van der Waals surface area contributed by atoms with Crippen molar-refractivity contribution >= 4 is 15.7 Å². The molecule has 1 aromatic carbocycles. The molecule has 0 spiro atoms. The molecule has 1 rings (SSSR count). The number of hydrogen-bond donors (Lipinski definition) is 3. The van der Waals surface area contributed by atoms with E-state index in [-0.39, 0.29) is 12.4 Å². The lowest BCUT2D eigenvalue weighted by molar-refractivity contribution is 0.208.